The molecule has 94 heavy (non-hydrogen) atoms. The third kappa shape index (κ3) is 12.9. The average molecular weight is 1330 g/mol. The third-order valence-corrected chi connectivity index (χ3v) is 23.3. The van der Waals surface area contributed by atoms with Crippen LogP contribution in [0.5, 0.6) is 0 Å². The Balaban J connectivity index is 0.000000128. The number of anilines is 3. The normalized spacial score (nSPS) is 17.9. The summed E-state index contributed by atoms with van der Waals surface area (Å²) in [6.45, 7) is 12.9. The lowest BCUT2D eigenvalue weighted by Gasteiger charge is -2.27. The van der Waals surface area contributed by atoms with Gasteiger partial charge in [-0.05, 0) is 148 Å². The van der Waals surface area contributed by atoms with Crippen LogP contribution in [-0.4, -0.2) is 192 Å². The van der Waals surface area contributed by atoms with E-state index >= 15 is 0 Å². The Hall–Kier alpha value is -8.40. The van der Waals surface area contributed by atoms with Crippen LogP contribution < -0.4 is 14.7 Å². The molecule has 0 aliphatic carbocycles. The summed E-state index contributed by atoms with van der Waals surface area (Å²) in [7, 11) is -5.31. The number of hydrogen-bond donors (Lipinski definition) is 0. The van der Waals surface area contributed by atoms with Gasteiger partial charge in [0.15, 0.2) is 5.65 Å². The van der Waals surface area contributed by atoms with Crippen LogP contribution in [0.25, 0.3) is 49.6 Å². The number of hydrogen-bond acceptors (Lipinski definition) is 17. The fourth-order valence-electron chi connectivity index (χ4n) is 13.0. The van der Waals surface area contributed by atoms with E-state index in [1.54, 1.807) is 72.2 Å². The summed E-state index contributed by atoms with van der Waals surface area (Å²) in [4.78, 5) is 38.1. The number of halogens is 1. The van der Waals surface area contributed by atoms with Gasteiger partial charge >= 0.3 is 0 Å². The lowest BCUT2D eigenvalue weighted by molar-refractivity contribution is -0.116. The highest BCUT2D eigenvalue weighted by molar-refractivity contribution is 7.90. The number of carbonyl (C=O) groups is 1. The van der Waals surface area contributed by atoms with Gasteiger partial charge in [-0.2, -0.15) is 0 Å². The van der Waals surface area contributed by atoms with Gasteiger partial charge in [-0.1, -0.05) is 36.4 Å². The number of benzene rings is 3. The van der Waals surface area contributed by atoms with Crippen molar-refractivity contribution in [1.82, 2.24) is 41.6 Å². The van der Waals surface area contributed by atoms with E-state index in [0.29, 0.717) is 61.5 Å². The molecule has 15 rings (SSSR count). The van der Waals surface area contributed by atoms with Crippen molar-refractivity contribution >= 4 is 103 Å². The van der Waals surface area contributed by atoms with E-state index in [-0.39, 0.29) is 26.4 Å². The molecule has 2 fully saturated rings. The molecule has 3 aromatic carbocycles. The lowest BCUT2D eigenvalue weighted by Crippen LogP contribution is -2.36. The molecular formula is C69H75FN12O9S3. The minimum absolute atomic E-state index is 0.0361. The molecule has 0 atom stereocenters. The number of fused-ring (bicyclic) bond motifs is 4. The smallest absolute Gasteiger partial charge is 0.269 e. The third-order valence-electron chi connectivity index (χ3n) is 18.3. The number of rotatable bonds is 11. The second-order valence-electron chi connectivity index (χ2n) is 24.4. The van der Waals surface area contributed by atoms with Gasteiger partial charge in [0.1, 0.15) is 27.2 Å². The van der Waals surface area contributed by atoms with Crippen molar-refractivity contribution in [2.45, 2.75) is 47.3 Å². The first-order valence-corrected chi connectivity index (χ1v) is 35.9. The van der Waals surface area contributed by atoms with Gasteiger partial charge in [0.05, 0.1) is 42.4 Å². The zero-order valence-electron chi connectivity index (χ0n) is 53.0. The van der Waals surface area contributed by atoms with Gasteiger partial charge in [-0.3, -0.25) is 4.79 Å². The average Bonchev–Trinajstić information content (AvgIpc) is 1.61. The number of likely N-dealkylation sites (N-methyl/N-ethyl adjacent to an activating group) is 3. The topological polar surface area (TPSA) is 211 Å². The Kier molecular flexibility index (Phi) is 18.3. The first kappa shape index (κ1) is 64.3. The van der Waals surface area contributed by atoms with Crippen molar-refractivity contribution in [2.24, 2.45) is 0 Å². The van der Waals surface area contributed by atoms with E-state index in [0.717, 1.165) is 146 Å². The Morgan fingerprint density at radius 3 is 1.47 bits per heavy atom. The zero-order chi connectivity index (χ0) is 65.5. The highest BCUT2D eigenvalue weighted by Gasteiger charge is 2.31. The fraction of sp³-hybridized carbons (Fsp3) is 0.333. The monoisotopic (exact) mass is 1330 g/mol. The minimum Gasteiger partial charge on any atom is -0.378 e. The van der Waals surface area contributed by atoms with E-state index in [4.69, 9.17) is 9.47 Å². The fourth-order valence-corrected chi connectivity index (χ4v) is 17.0. The Morgan fingerprint density at radius 2 is 0.957 bits per heavy atom. The van der Waals surface area contributed by atoms with Gasteiger partial charge in [0.25, 0.3) is 30.1 Å². The number of pyridine rings is 3. The maximum atomic E-state index is 14.1. The van der Waals surface area contributed by atoms with Crippen LogP contribution in [0.4, 0.5) is 21.7 Å². The molecule has 9 aromatic rings. The van der Waals surface area contributed by atoms with Crippen molar-refractivity contribution < 1.29 is 43.9 Å². The Morgan fingerprint density at radius 1 is 0.479 bits per heavy atom. The van der Waals surface area contributed by atoms with Crippen LogP contribution in [0.15, 0.2) is 167 Å². The van der Waals surface area contributed by atoms with Crippen LogP contribution in [0, 0.1) is 5.82 Å². The standard InChI is InChI=1S/C23H25FN4O3S.C23H24N4O3S.C23H26N4O3S/c1-26-8-6-17(7-9-26)21-16-28(22-4-2-18(24)14-20(21)22)32(29,30)19-3-5-23(25-15-19)27-10-12-31-13-11-27;1-16(28)26-13-9-18-14-19(5-6-22(18)26)31(29,30)27-15-21(17-7-11-25(2)12-8-17)20-4-3-10-24-23(20)27;1-25-10-8-18(9-11-25)21-17-27(22-5-3-2-4-20(21)22)31(28,29)19-6-7-23(24-16-19)26-12-14-30-15-13-26/h2-6,14-16H,7-13H2,1H3;3-7,10,14-15H,8-9,11-13H2,1-2H3;2-8,16-17H,9-15H2,1H3. The van der Waals surface area contributed by atoms with E-state index < -0.39 is 30.1 Å². The Labute approximate surface area is 547 Å². The molecular weight excluding hydrogens is 1260 g/mol. The second-order valence-corrected chi connectivity index (χ2v) is 29.9. The molecule has 490 valence electrons. The van der Waals surface area contributed by atoms with Crippen LogP contribution in [0.1, 0.15) is 48.4 Å². The van der Waals surface area contributed by atoms with Crippen LogP contribution in [0.3, 0.4) is 0 Å². The summed E-state index contributed by atoms with van der Waals surface area (Å²) in [6, 6.07) is 27.4. The van der Waals surface area contributed by atoms with E-state index in [1.165, 1.54) is 55.0 Å². The predicted octanol–water partition coefficient (Wildman–Crippen LogP) is 8.70. The van der Waals surface area contributed by atoms with Crippen LogP contribution in [-0.2, 0) is 50.8 Å². The molecule has 25 heteroatoms. The van der Waals surface area contributed by atoms with Crippen molar-refractivity contribution in [3.8, 4) is 0 Å². The van der Waals surface area contributed by atoms with E-state index in [9.17, 15) is 34.4 Å². The molecule has 0 saturated carbocycles. The SMILES string of the molecule is CC(=O)N1CCc2cc(S(=O)(=O)n3cc(C4=CCN(C)CC4)c4cccnc43)ccc21.CN1CC=C(c2cn(S(=O)(=O)c3ccc(N4CCOCC4)nc3)c3ccc(F)cc23)CC1.CN1CC=C(c2cn(S(=O)(=O)c3ccc(N4CCOCC4)nc3)c3ccccc23)CC1. The maximum absolute atomic E-state index is 14.1. The molecule has 1 amide bonds. The summed E-state index contributed by atoms with van der Waals surface area (Å²) in [5.41, 5.74) is 9.30. The summed E-state index contributed by atoms with van der Waals surface area (Å²) in [5, 5.41) is 2.40. The van der Waals surface area contributed by atoms with Gasteiger partial charge in [0, 0.05) is 155 Å². The van der Waals surface area contributed by atoms with Crippen LogP contribution >= 0.6 is 0 Å². The highest BCUT2D eigenvalue weighted by Crippen LogP contribution is 2.38. The predicted molar refractivity (Wildman–Crippen MR) is 364 cm³/mol. The van der Waals surface area contributed by atoms with Crippen molar-refractivity contribution in [3.05, 3.63) is 181 Å². The number of aromatic nitrogens is 6. The first-order valence-electron chi connectivity index (χ1n) is 31.6. The largest absolute Gasteiger partial charge is 0.378 e. The number of amides is 1. The lowest BCUT2D eigenvalue weighted by atomic mass is 9.99. The molecule has 21 nitrogen and oxygen atoms in total. The number of ether oxygens (including phenoxy) is 2. The Bertz CT molecular complexity index is 4800. The van der Waals surface area contributed by atoms with E-state index in [2.05, 4.69) is 71.8 Å². The molecule has 0 unspecified atom stereocenters. The van der Waals surface area contributed by atoms with Gasteiger partial charge in [-0.15, -0.1) is 0 Å². The molecule has 6 aliphatic rings. The van der Waals surface area contributed by atoms with Gasteiger partial charge < -0.3 is 38.9 Å². The molecule has 0 N–H and O–H groups in total. The van der Waals surface area contributed by atoms with Crippen molar-refractivity contribution in [2.75, 3.05) is 134 Å². The quantitative estimate of drug-likeness (QED) is 0.119. The molecule has 0 bridgehead atoms. The molecule has 0 spiro atoms. The number of nitrogens with zero attached hydrogens (tertiary/aromatic N) is 12. The number of para-hydroxylation sites is 1. The maximum Gasteiger partial charge on any atom is 0.269 e. The van der Waals surface area contributed by atoms with Crippen molar-refractivity contribution in [1.29, 1.82) is 0 Å². The summed E-state index contributed by atoms with van der Waals surface area (Å²) in [6.07, 6.45) is 19.2. The summed E-state index contributed by atoms with van der Waals surface area (Å²) in [5.74, 6) is 1.07. The van der Waals surface area contributed by atoms with Crippen molar-refractivity contribution in [3.63, 3.8) is 0 Å². The summed E-state index contributed by atoms with van der Waals surface area (Å²) >= 11 is 0. The summed E-state index contributed by atoms with van der Waals surface area (Å²) < 4.78 is 110. The highest BCUT2D eigenvalue weighted by atomic mass is 32.2. The molecule has 12 heterocycles. The minimum atomic E-state index is -3.90. The molecule has 6 aromatic heterocycles. The van der Waals surface area contributed by atoms with Crippen LogP contribution in [0.2, 0.25) is 0 Å². The number of morpholine rings is 2. The molecule has 0 radical (unpaired) electrons. The van der Waals surface area contributed by atoms with Gasteiger partial charge in [0.2, 0.25) is 5.91 Å². The molecule has 2 saturated heterocycles. The first-order chi connectivity index (χ1) is 45.3. The zero-order valence-corrected chi connectivity index (χ0v) is 55.5. The molecule has 6 aliphatic heterocycles. The second kappa shape index (κ2) is 26.8. The van der Waals surface area contributed by atoms with E-state index in [1.807, 2.05) is 43.4 Å². The van der Waals surface area contributed by atoms with Gasteiger partial charge in [-0.25, -0.2) is 56.5 Å². The number of carbonyl (C=O) groups excluding carboxylic acids is 1.